The van der Waals surface area contributed by atoms with Crippen LogP contribution in [0.5, 0.6) is 11.5 Å². The number of aliphatic carboxylic acids is 1. The van der Waals surface area contributed by atoms with Gasteiger partial charge in [0, 0.05) is 6.54 Å². The smallest absolute Gasteiger partial charge is 0.489 e. The van der Waals surface area contributed by atoms with Gasteiger partial charge in [-0.15, -0.1) is 13.2 Å². The van der Waals surface area contributed by atoms with Crippen molar-refractivity contribution in [2.24, 2.45) is 0 Å². The van der Waals surface area contributed by atoms with Crippen LogP contribution in [0.3, 0.4) is 0 Å². The number of carbonyl (C=O) groups is 2. The number of likely N-dealkylation sites (N-methyl/N-ethyl adjacent to an activating group) is 1. The summed E-state index contributed by atoms with van der Waals surface area (Å²) < 4.78 is 91.0. The highest BCUT2D eigenvalue weighted by molar-refractivity contribution is 5.76. The van der Waals surface area contributed by atoms with Crippen LogP contribution in [0.15, 0.2) is 48.5 Å². The van der Waals surface area contributed by atoms with E-state index in [-0.39, 0.29) is 16.4 Å². The molecule has 1 N–H and O–H groups in total. The van der Waals surface area contributed by atoms with E-state index in [0.29, 0.717) is 24.0 Å². The highest BCUT2D eigenvalue weighted by atomic mass is 19.4. The van der Waals surface area contributed by atoms with Crippen LogP contribution in [-0.2, 0) is 27.2 Å². The number of benzene rings is 2. The van der Waals surface area contributed by atoms with Crippen LogP contribution in [-0.4, -0.2) is 60.9 Å². The number of halogens is 6. The average molecular weight is 537 g/mol. The number of carboxylic acids is 1. The largest absolute Gasteiger partial charge is 0.573 e. The molecule has 37 heavy (non-hydrogen) atoms. The quantitative estimate of drug-likeness (QED) is 0.219. The summed E-state index contributed by atoms with van der Waals surface area (Å²) >= 11 is 0. The number of hydrogen-bond acceptors (Lipinski definition) is 6. The molecule has 0 aromatic heterocycles. The molecule has 0 amide bonds. The molecule has 0 bridgehead atoms. The number of nitrogens with zero attached hydrogens (tertiary/aromatic N) is 1. The maximum Gasteiger partial charge on any atom is 0.573 e. The Morgan fingerprint density at radius 3 is 2.32 bits per heavy atom. The first-order valence-corrected chi connectivity index (χ1v) is 11.0. The van der Waals surface area contributed by atoms with E-state index in [0.717, 1.165) is 7.05 Å². The number of esters is 1. The van der Waals surface area contributed by atoms with Crippen LogP contribution in [0, 0.1) is 0 Å². The van der Waals surface area contributed by atoms with E-state index in [1.54, 1.807) is 30.3 Å². The highest BCUT2D eigenvalue weighted by Gasteiger charge is 2.36. The average Bonchev–Trinajstić information content (AvgIpc) is 2.79. The molecule has 0 aliphatic carbocycles. The Hall–Kier alpha value is -3.48. The number of hydrogen-bond donors (Lipinski definition) is 1. The standard InChI is InChI=1S/C24H25F6NO6/c1-31(23(25,26)27)14-19(36-22(34)12-11-21(32)33)15-35-20-8-3-2-6-17(20)10-9-16-5-4-7-18(13-16)37-24(28,29)30/h2-8,13,19H,9-12,14-15H2,1H3,(H,32,33). The molecule has 0 radical (unpaired) electrons. The van der Waals surface area contributed by atoms with Gasteiger partial charge in [-0.1, -0.05) is 30.3 Å². The maximum absolute atomic E-state index is 13.0. The summed E-state index contributed by atoms with van der Waals surface area (Å²) in [5.74, 6) is -2.33. The molecule has 0 saturated carbocycles. The lowest BCUT2D eigenvalue weighted by atomic mass is 10.0. The van der Waals surface area contributed by atoms with Crippen molar-refractivity contribution in [2.75, 3.05) is 20.2 Å². The first-order chi connectivity index (χ1) is 17.2. The third kappa shape index (κ3) is 11.4. The number of carboxylic acid groups (broad SMARTS) is 1. The normalized spacial score (nSPS) is 12.8. The predicted molar refractivity (Wildman–Crippen MR) is 118 cm³/mol. The van der Waals surface area contributed by atoms with Crippen molar-refractivity contribution in [1.82, 2.24) is 4.90 Å². The maximum atomic E-state index is 13.0. The van der Waals surface area contributed by atoms with Crippen LogP contribution >= 0.6 is 0 Å². The van der Waals surface area contributed by atoms with Gasteiger partial charge in [-0.25, -0.2) is 4.90 Å². The zero-order chi connectivity index (χ0) is 27.6. The van der Waals surface area contributed by atoms with Gasteiger partial charge in [-0.3, -0.25) is 9.59 Å². The van der Waals surface area contributed by atoms with Crippen LogP contribution in [0.25, 0.3) is 0 Å². The fourth-order valence-electron chi connectivity index (χ4n) is 3.20. The molecule has 1 atom stereocenters. The van der Waals surface area contributed by atoms with Crippen LogP contribution < -0.4 is 9.47 Å². The first-order valence-electron chi connectivity index (χ1n) is 11.0. The number of rotatable bonds is 13. The van der Waals surface area contributed by atoms with Crippen molar-refractivity contribution in [2.45, 2.75) is 44.4 Å². The molecule has 0 heterocycles. The molecule has 2 aromatic carbocycles. The second-order valence-corrected chi connectivity index (χ2v) is 7.97. The summed E-state index contributed by atoms with van der Waals surface area (Å²) in [4.78, 5) is 22.6. The summed E-state index contributed by atoms with van der Waals surface area (Å²) in [5.41, 5.74) is 1.17. The minimum absolute atomic E-state index is 0.00735. The number of alkyl halides is 6. The molecule has 2 aromatic rings. The molecule has 0 spiro atoms. The molecule has 0 aliphatic heterocycles. The fraction of sp³-hybridized carbons (Fsp3) is 0.417. The van der Waals surface area contributed by atoms with E-state index in [1.165, 1.54) is 18.2 Å². The lowest BCUT2D eigenvalue weighted by molar-refractivity contribution is -0.274. The van der Waals surface area contributed by atoms with Gasteiger partial charge in [0.25, 0.3) is 0 Å². The van der Waals surface area contributed by atoms with Gasteiger partial charge in [0.1, 0.15) is 24.2 Å². The van der Waals surface area contributed by atoms with Gasteiger partial charge >= 0.3 is 24.6 Å². The molecule has 2 rings (SSSR count). The van der Waals surface area contributed by atoms with Crippen LogP contribution in [0.4, 0.5) is 26.3 Å². The number of carbonyl (C=O) groups excluding carboxylic acids is 1. The van der Waals surface area contributed by atoms with E-state index in [2.05, 4.69) is 4.74 Å². The second kappa shape index (κ2) is 13.2. The summed E-state index contributed by atoms with van der Waals surface area (Å²) in [6.45, 7) is -1.21. The van der Waals surface area contributed by atoms with E-state index >= 15 is 0 Å². The van der Waals surface area contributed by atoms with Crippen molar-refractivity contribution in [3.05, 3.63) is 59.7 Å². The van der Waals surface area contributed by atoms with Crippen molar-refractivity contribution in [3.63, 3.8) is 0 Å². The second-order valence-electron chi connectivity index (χ2n) is 7.97. The fourth-order valence-corrected chi connectivity index (χ4v) is 3.20. The summed E-state index contributed by atoms with van der Waals surface area (Å²) in [5, 5.41) is 8.68. The molecule has 7 nitrogen and oxygen atoms in total. The van der Waals surface area contributed by atoms with Crippen molar-refractivity contribution in [1.29, 1.82) is 0 Å². The van der Waals surface area contributed by atoms with Crippen LogP contribution in [0.2, 0.25) is 0 Å². The van der Waals surface area contributed by atoms with Crippen molar-refractivity contribution >= 4 is 11.9 Å². The molecule has 204 valence electrons. The van der Waals surface area contributed by atoms with Gasteiger partial charge in [0.15, 0.2) is 0 Å². The zero-order valence-electron chi connectivity index (χ0n) is 19.6. The Kier molecular flexibility index (Phi) is 10.6. The van der Waals surface area contributed by atoms with Gasteiger partial charge in [-0.05, 0) is 49.2 Å². The van der Waals surface area contributed by atoms with Gasteiger partial charge in [0.05, 0.1) is 12.8 Å². The van der Waals surface area contributed by atoms with Crippen LogP contribution in [0.1, 0.15) is 24.0 Å². The molecular formula is C24H25F6NO6. The van der Waals surface area contributed by atoms with E-state index < -0.39 is 56.7 Å². The minimum atomic E-state index is -4.83. The molecule has 0 saturated heterocycles. The zero-order valence-corrected chi connectivity index (χ0v) is 19.6. The van der Waals surface area contributed by atoms with E-state index in [9.17, 15) is 35.9 Å². The Morgan fingerprint density at radius 1 is 0.973 bits per heavy atom. The Labute approximate surface area is 208 Å². The number of para-hydroxylation sites is 1. The van der Waals surface area contributed by atoms with E-state index in [4.69, 9.17) is 14.6 Å². The molecule has 13 heteroatoms. The topological polar surface area (TPSA) is 85.3 Å². The number of aryl methyl sites for hydroxylation is 2. The molecule has 1 unspecified atom stereocenters. The van der Waals surface area contributed by atoms with Crippen molar-refractivity contribution in [3.8, 4) is 11.5 Å². The van der Waals surface area contributed by atoms with Gasteiger partial charge in [-0.2, -0.15) is 13.2 Å². The predicted octanol–water partition coefficient (Wildman–Crippen LogP) is 4.98. The highest BCUT2D eigenvalue weighted by Crippen LogP contribution is 2.26. The summed E-state index contributed by atoms with van der Waals surface area (Å²) in [7, 11) is 0.767. The first kappa shape index (κ1) is 29.7. The van der Waals surface area contributed by atoms with Gasteiger partial charge < -0.3 is 19.3 Å². The molecular weight excluding hydrogens is 512 g/mol. The molecule has 0 fully saturated rings. The lowest BCUT2D eigenvalue weighted by Crippen LogP contribution is -2.43. The third-order valence-corrected chi connectivity index (χ3v) is 4.96. The Morgan fingerprint density at radius 2 is 1.68 bits per heavy atom. The summed E-state index contributed by atoms with van der Waals surface area (Å²) in [6, 6.07) is 12.0. The summed E-state index contributed by atoms with van der Waals surface area (Å²) in [6.07, 6.45) is -11.3. The third-order valence-electron chi connectivity index (χ3n) is 4.96. The Bertz CT molecular complexity index is 1040. The monoisotopic (exact) mass is 537 g/mol. The SMILES string of the molecule is CN(CC(COc1ccccc1CCc1cccc(OC(F)(F)F)c1)OC(=O)CCC(=O)O)C(F)(F)F. The van der Waals surface area contributed by atoms with Crippen molar-refractivity contribution < 1.29 is 55.2 Å². The minimum Gasteiger partial charge on any atom is -0.489 e. The van der Waals surface area contributed by atoms with E-state index in [1.807, 2.05) is 0 Å². The van der Waals surface area contributed by atoms with Gasteiger partial charge in [0.2, 0.25) is 0 Å². The lowest BCUT2D eigenvalue weighted by Gasteiger charge is -2.26. The number of ether oxygens (including phenoxy) is 3. The molecule has 0 aliphatic rings. The Balaban J connectivity index is 2.07.